The van der Waals surface area contributed by atoms with Gasteiger partial charge in [-0.2, -0.15) is 0 Å². The molecule has 2 aliphatic heterocycles. The summed E-state index contributed by atoms with van der Waals surface area (Å²) < 4.78 is 0. The average molecular weight is 204 g/mol. The van der Waals surface area contributed by atoms with Crippen molar-refractivity contribution in [1.82, 2.24) is 4.90 Å². The van der Waals surface area contributed by atoms with Crippen LogP contribution in [0.25, 0.3) is 0 Å². The number of anilines is 1. The van der Waals surface area contributed by atoms with Gasteiger partial charge in [-0.15, -0.1) is 0 Å². The van der Waals surface area contributed by atoms with Crippen LogP contribution >= 0.6 is 0 Å². The summed E-state index contributed by atoms with van der Waals surface area (Å²) in [5.41, 5.74) is 2.24. The summed E-state index contributed by atoms with van der Waals surface area (Å²) in [4.78, 5) is 2.36. The minimum Gasteiger partial charge on any atom is -0.506 e. The number of hydrogen-bond donors (Lipinski definition) is 2. The Bertz CT molecular complexity index is 391. The largest absolute Gasteiger partial charge is 0.506 e. The molecule has 15 heavy (non-hydrogen) atoms. The van der Waals surface area contributed by atoms with Gasteiger partial charge in [-0.05, 0) is 31.6 Å². The first-order chi connectivity index (χ1) is 7.25. The molecule has 1 fully saturated rings. The van der Waals surface area contributed by atoms with Gasteiger partial charge in [-0.25, -0.2) is 0 Å². The van der Waals surface area contributed by atoms with Crippen molar-refractivity contribution in [3.05, 3.63) is 23.8 Å². The molecule has 3 heteroatoms. The standard InChI is InChI=1S/C12H16N2O/c1-14-6-5-10-9(7-14)8-3-2-4-11(15)12(8)13-10/h2-4,9-10,13,15H,5-7H2,1H3. The summed E-state index contributed by atoms with van der Waals surface area (Å²) in [7, 11) is 2.16. The Kier molecular flexibility index (Phi) is 1.89. The van der Waals surface area contributed by atoms with E-state index in [0.717, 1.165) is 25.2 Å². The van der Waals surface area contributed by atoms with E-state index in [-0.39, 0.29) is 0 Å². The van der Waals surface area contributed by atoms with E-state index in [9.17, 15) is 5.11 Å². The summed E-state index contributed by atoms with van der Waals surface area (Å²) in [6, 6.07) is 6.34. The number of likely N-dealkylation sites (tertiary alicyclic amines) is 1. The highest BCUT2D eigenvalue weighted by atomic mass is 16.3. The quantitative estimate of drug-likeness (QED) is 0.630. The van der Waals surface area contributed by atoms with Gasteiger partial charge in [0.2, 0.25) is 0 Å². The van der Waals surface area contributed by atoms with Crippen LogP contribution in [0, 0.1) is 0 Å². The minimum atomic E-state index is 0.393. The predicted molar refractivity (Wildman–Crippen MR) is 60.4 cm³/mol. The summed E-state index contributed by atoms with van der Waals surface area (Å²) in [5.74, 6) is 0.940. The van der Waals surface area contributed by atoms with Crippen LogP contribution in [0.3, 0.4) is 0 Å². The van der Waals surface area contributed by atoms with Crippen molar-refractivity contribution < 1.29 is 5.11 Å². The lowest BCUT2D eigenvalue weighted by Crippen LogP contribution is -2.39. The number of fused-ring (bicyclic) bond motifs is 3. The first-order valence-electron chi connectivity index (χ1n) is 5.52. The summed E-state index contributed by atoms with van der Waals surface area (Å²) in [6.45, 7) is 2.23. The van der Waals surface area contributed by atoms with Crippen LogP contribution in [-0.4, -0.2) is 36.2 Å². The first-order valence-corrected chi connectivity index (χ1v) is 5.52. The van der Waals surface area contributed by atoms with Crippen molar-refractivity contribution in [1.29, 1.82) is 0 Å². The molecule has 3 rings (SSSR count). The van der Waals surface area contributed by atoms with E-state index >= 15 is 0 Å². The zero-order valence-corrected chi connectivity index (χ0v) is 8.90. The molecule has 80 valence electrons. The predicted octanol–water partition coefficient (Wildman–Crippen LogP) is 1.61. The number of phenols is 1. The van der Waals surface area contributed by atoms with E-state index in [1.165, 1.54) is 5.56 Å². The number of rotatable bonds is 0. The fourth-order valence-electron chi connectivity index (χ4n) is 2.81. The molecule has 0 radical (unpaired) electrons. The Morgan fingerprint density at radius 2 is 2.33 bits per heavy atom. The molecule has 1 aromatic carbocycles. The van der Waals surface area contributed by atoms with Gasteiger partial charge >= 0.3 is 0 Å². The smallest absolute Gasteiger partial charge is 0.138 e. The second kappa shape index (κ2) is 3.14. The third kappa shape index (κ3) is 1.30. The highest BCUT2D eigenvalue weighted by Gasteiger charge is 2.36. The van der Waals surface area contributed by atoms with Crippen LogP contribution in [0.2, 0.25) is 0 Å². The molecule has 2 aliphatic rings. The number of piperidine rings is 1. The van der Waals surface area contributed by atoms with Crippen LogP contribution < -0.4 is 5.32 Å². The topological polar surface area (TPSA) is 35.5 Å². The van der Waals surface area contributed by atoms with E-state index in [1.54, 1.807) is 6.07 Å². The lowest BCUT2D eigenvalue weighted by Gasteiger charge is -2.32. The van der Waals surface area contributed by atoms with Crippen LogP contribution in [0.5, 0.6) is 5.75 Å². The van der Waals surface area contributed by atoms with E-state index < -0.39 is 0 Å². The fraction of sp³-hybridized carbons (Fsp3) is 0.500. The number of nitrogens with one attached hydrogen (secondary N) is 1. The summed E-state index contributed by atoms with van der Waals surface area (Å²) in [5, 5.41) is 13.2. The maximum Gasteiger partial charge on any atom is 0.138 e. The van der Waals surface area contributed by atoms with E-state index in [2.05, 4.69) is 23.3 Å². The molecule has 1 saturated heterocycles. The van der Waals surface area contributed by atoms with Crippen LogP contribution in [0.15, 0.2) is 18.2 Å². The first kappa shape index (κ1) is 9.04. The van der Waals surface area contributed by atoms with Gasteiger partial charge in [0.1, 0.15) is 5.75 Å². The Labute approximate surface area is 89.7 Å². The van der Waals surface area contributed by atoms with Gasteiger partial charge in [0.05, 0.1) is 5.69 Å². The number of aromatic hydroxyl groups is 1. The van der Waals surface area contributed by atoms with Gasteiger partial charge < -0.3 is 15.3 Å². The third-order valence-corrected chi connectivity index (χ3v) is 3.62. The fourth-order valence-corrected chi connectivity index (χ4v) is 2.81. The number of para-hydroxylation sites is 1. The number of phenolic OH excluding ortho intramolecular Hbond substituents is 1. The second-order valence-electron chi connectivity index (χ2n) is 4.65. The van der Waals surface area contributed by atoms with Crippen LogP contribution in [0.4, 0.5) is 5.69 Å². The van der Waals surface area contributed by atoms with Gasteiger partial charge in [-0.1, -0.05) is 12.1 Å². The molecule has 0 aliphatic carbocycles. The maximum absolute atomic E-state index is 9.77. The molecular formula is C12H16N2O. The van der Waals surface area contributed by atoms with Gasteiger partial charge in [0.15, 0.2) is 0 Å². The minimum absolute atomic E-state index is 0.393. The molecule has 0 saturated carbocycles. The normalized spacial score (nSPS) is 29.4. The number of benzene rings is 1. The van der Waals surface area contributed by atoms with Crippen molar-refractivity contribution in [3.8, 4) is 5.75 Å². The van der Waals surface area contributed by atoms with E-state index in [1.807, 2.05) is 6.07 Å². The van der Waals surface area contributed by atoms with Gasteiger partial charge in [-0.3, -0.25) is 0 Å². The average Bonchev–Trinajstić information content (AvgIpc) is 2.58. The highest BCUT2D eigenvalue weighted by molar-refractivity contribution is 5.67. The summed E-state index contributed by atoms with van der Waals surface area (Å²) in [6.07, 6.45) is 1.16. The molecule has 1 aromatic rings. The van der Waals surface area contributed by atoms with Crippen molar-refractivity contribution in [2.45, 2.75) is 18.4 Å². The molecule has 3 nitrogen and oxygen atoms in total. The zero-order valence-electron chi connectivity index (χ0n) is 8.90. The molecular weight excluding hydrogens is 188 g/mol. The highest BCUT2D eigenvalue weighted by Crippen LogP contribution is 2.43. The monoisotopic (exact) mass is 204 g/mol. The molecule has 0 spiro atoms. The Morgan fingerprint density at radius 3 is 3.20 bits per heavy atom. The molecule has 2 heterocycles. The Balaban J connectivity index is 2.01. The lowest BCUT2D eigenvalue weighted by atomic mass is 9.90. The number of likely N-dealkylation sites (N-methyl/N-ethyl adjacent to an activating group) is 1. The molecule has 0 bridgehead atoms. The SMILES string of the molecule is CN1CCC2Nc3c(O)cccc3C2C1. The van der Waals surface area contributed by atoms with Crippen LogP contribution in [-0.2, 0) is 0 Å². The maximum atomic E-state index is 9.77. The number of hydrogen-bond acceptors (Lipinski definition) is 3. The lowest BCUT2D eigenvalue weighted by molar-refractivity contribution is 0.243. The van der Waals surface area contributed by atoms with Crippen molar-refractivity contribution in [2.75, 3.05) is 25.5 Å². The van der Waals surface area contributed by atoms with Crippen LogP contribution in [0.1, 0.15) is 17.9 Å². The van der Waals surface area contributed by atoms with Crippen molar-refractivity contribution in [3.63, 3.8) is 0 Å². The summed E-state index contributed by atoms with van der Waals surface area (Å²) >= 11 is 0. The number of nitrogens with zero attached hydrogens (tertiary/aromatic N) is 1. The zero-order chi connectivity index (χ0) is 10.4. The van der Waals surface area contributed by atoms with E-state index in [0.29, 0.717) is 17.7 Å². The Hall–Kier alpha value is -1.22. The third-order valence-electron chi connectivity index (χ3n) is 3.62. The molecule has 2 N–H and O–H groups in total. The molecule has 0 amide bonds. The molecule has 2 atom stereocenters. The van der Waals surface area contributed by atoms with Crippen molar-refractivity contribution in [2.24, 2.45) is 0 Å². The second-order valence-corrected chi connectivity index (χ2v) is 4.65. The van der Waals surface area contributed by atoms with Gasteiger partial charge in [0.25, 0.3) is 0 Å². The molecule has 0 aromatic heterocycles. The van der Waals surface area contributed by atoms with Crippen molar-refractivity contribution >= 4 is 5.69 Å². The van der Waals surface area contributed by atoms with E-state index in [4.69, 9.17) is 0 Å². The van der Waals surface area contributed by atoms with Gasteiger partial charge in [0, 0.05) is 18.5 Å². The molecule has 2 unspecified atom stereocenters. The Morgan fingerprint density at radius 1 is 1.47 bits per heavy atom.